The smallest absolute Gasteiger partial charge is 0.329 e. The molecular weight excluding hydrogens is 382 g/mol. The molecule has 1 saturated heterocycles. The molecular formula is C22H23N5O3. The van der Waals surface area contributed by atoms with E-state index in [2.05, 4.69) is 20.8 Å². The molecule has 0 radical (unpaired) electrons. The number of hydrogen-bond acceptors (Lipinski definition) is 4. The fourth-order valence-electron chi connectivity index (χ4n) is 3.74. The molecule has 8 heteroatoms. The summed E-state index contributed by atoms with van der Waals surface area (Å²) in [7, 11) is 0. The summed E-state index contributed by atoms with van der Waals surface area (Å²) in [5, 5.41) is 14.3. The number of H-pyrrole nitrogens is 1. The minimum Gasteiger partial charge on any atom is -0.352 e. The van der Waals surface area contributed by atoms with Crippen molar-refractivity contribution in [3.63, 3.8) is 0 Å². The van der Waals surface area contributed by atoms with Crippen LogP contribution in [0.1, 0.15) is 29.8 Å². The van der Waals surface area contributed by atoms with Crippen LogP contribution in [0.15, 0.2) is 42.5 Å². The van der Waals surface area contributed by atoms with E-state index in [0.717, 1.165) is 27.7 Å². The third-order valence-electron chi connectivity index (χ3n) is 5.43. The first-order valence-electron chi connectivity index (χ1n) is 9.85. The maximum absolute atomic E-state index is 12.9. The van der Waals surface area contributed by atoms with Crippen LogP contribution in [-0.4, -0.2) is 34.1 Å². The van der Waals surface area contributed by atoms with Gasteiger partial charge in [0.1, 0.15) is 6.04 Å². The van der Waals surface area contributed by atoms with Gasteiger partial charge in [-0.05, 0) is 31.7 Å². The second-order valence-electron chi connectivity index (χ2n) is 7.40. The monoisotopic (exact) mass is 405 g/mol. The quantitative estimate of drug-likeness (QED) is 0.548. The van der Waals surface area contributed by atoms with Crippen LogP contribution in [0.4, 0.5) is 10.5 Å². The number of nitrogens with zero attached hydrogens (tertiary/aromatic N) is 2. The molecule has 154 valence electrons. The Morgan fingerprint density at radius 2 is 1.90 bits per heavy atom. The highest BCUT2D eigenvalue weighted by molar-refractivity contribution is 6.24. The van der Waals surface area contributed by atoms with Crippen molar-refractivity contribution in [1.82, 2.24) is 20.8 Å². The molecule has 30 heavy (non-hydrogen) atoms. The molecule has 0 bridgehead atoms. The van der Waals surface area contributed by atoms with Gasteiger partial charge in [0.15, 0.2) is 0 Å². The number of benzene rings is 2. The number of aromatic amines is 1. The van der Waals surface area contributed by atoms with Crippen LogP contribution in [0.25, 0.3) is 10.8 Å². The number of carbonyl (C=O) groups excluding carboxylic acids is 3. The molecule has 4 rings (SSSR count). The largest absolute Gasteiger partial charge is 0.352 e. The van der Waals surface area contributed by atoms with Crippen molar-refractivity contribution in [1.29, 1.82) is 0 Å². The molecule has 1 aliphatic heterocycles. The molecule has 1 atom stereocenters. The van der Waals surface area contributed by atoms with Gasteiger partial charge in [-0.2, -0.15) is 5.10 Å². The van der Waals surface area contributed by atoms with E-state index in [1.165, 1.54) is 4.90 Å². The molecule has 2 heterocycles. The van der Waals surface area contributed by atoms with Crippen molar-refractivity contribution in [2.24, 2.45) is 0 Å². The maximum atomic E-state index is 12.9. The van der Waals surface area contributed by atoms with E-state index in [9.17, 15) is 14.4 Å². The molecule has 1 aromatic heterocycles. The normalized spacial score (nSPS) is 16.2. The lowest BCUT2D eigenvalue weighted by molar-refractivity contribution is -0.122. The zero-order valence-electron chi connectivity index (χ0n) is 16.9. The molecule has 1 fully saturated rings. The fourth-order valence-corrected chi connectivity index (χ4v) is 3.74. The number of carbonyl (C=O) groups is 3. The number of imide groups is 1. The van der Waals surface area contributed by atoms with E-state index in [1.807, 2.05) is 50.2 Å². The highest BCUT2D eigenvalue weighted by atomic mass is 16.2. The standard InChI is InChI=1S/C22H23N5O3/c1-13-17(14(2)26-25-13)12-23-20(28)11-10-18-21(29)27(22(30)24-18)19-9-5-7-15-6-3-4-8-16(15)19/h3-9,18H,10-12H2,1-2H3,(H,23,28)(H,24,30)(H,25,26)/t18-/m0/s1. The molecule has 1 aliphatic rings. The minimum atomic E-state index is -0.723. The van der Waals surface area contributed by atoms with Crippen LogP contribution in [0, 0.1) is 13.8 Å². The summed E-state index contributed by atoms with van der Waals surface area (Å²) in [4.78, 5) is 38.9. The number of fused-ring (bicyclic) bond motifs is 1. The second-order valence-corrected chi connectivity index (χ2v) is 7.40. The molecule has 0 aliphatic carbocycles. The van der Waals surface area contributed by atoms with E-state index in [-0.39, 0.29) is 24.7 Å². The van der Waals surface area contributed by atoms with E-state index >= 15 is 0 Å². The third kappa shape index (κ3) is 3.63. The molecule has 2 aromatic carbocycles. The van der Waals surface area contributed by atoms with Crippen molar-refractivity contribution >= 4 is 34.3 Å². The summed E-state index contributed by atoms with van der Waals surface area (Å²) < 4.78 is 0. The number of amides is 4. The van der Waals surface area contributed by atoms with Crippen LogP contribution >= 0.6 is 0 Å². The lowest BCUT2D eigenvalue weighted by Crippen LogP contribution is -2.32. The van der Waals surface area contributed by atoms with E-state index in [0.29, 0.717) is 12.2 Å². The topological polar surface area (TPSA) is 107 Å². The highest BCUT2D eigenvalue weighted by Gasteiger charge is 2.39. The average molecular weight is 405 g/mol. The van der Waals surface area contributed by atoms with Gasteiger partial charge >= 0.3 is 6.03 Å². The summed E-state index contributed by atoms with van der Waals surface area (Å²) >= 11 is 0. The number of urea groups is 1. The van der Waals surface area contributed by atoms with Crippen molar-refractivity contribution in [2.45, 2.75) is 39.3 Å². The van der Waals surface area contributed by atoms with Gasteiger partial charge in [0.2, 0.25) is 5.91 Å². The fraction of sp³-hybridized carbons (Fsp3) is 0.273. The molecule has 3 aromatic rings. The predicted molar refractivity (Wildman–Crippen MR) is 113 cm³/mol. The van der Waals surface area contributed by atoms with Crippen LogP contribution in [0.5, 0.6) is 0 Å². The number of hydrogen-bond donors (Lipinski definition) is 3. The zero-order valence-corrected chi connectivity index (χ0v) is 16.9. The first-order valence-corrected chi connectivity index (χ1v) is 9.85. The highest BCUT2D eigenvalue weighted by Crippen LogP contribution is 2.29. The molecule has 0 unspecified atom stereocenters. The number of anilines is 1. The van der Waals surface area contributed by atoms with Crippen molar-refractivity contribution in [3.8, 4) is 0 Å². The summed E-state index contributed by atoms with van der Waals surface area (Å²) in [6, 6.07) is 11.9. The van der Waals surface area contributed by atoms with Gasteiger partial charge in [-0.25, -0.2) is 9.69 Å². The molecule has 0 saturated carbocycles. The van der Waals surface area contributed by atoms with E-state index < -0.39 is 12.1 Å². The first-order chi connectivity index (χ1) is 14.5. The van der Waals surface area contributed by atoms with Crippen LogP contribution in [0.2, 0.25) is 0 Å². The van der Waals surface area contributed by atoms with Gasteiger partial charge in [0.05, 0.1) is 11.4 Å². The summed E-state index contributed by atoms with van der Waals surface area (Å²) in [6.45, 7) is 4.15. The lowest BCUT2D eigenvalue weighted by atomic mass is 10.1. The van der Waals surface area contributed by atoms with Crippen molar-refractivity contribution in [2.75, 3.05) is 4.90 Å². The number of rotatable bonds is 6. The Labute approximate surface area is 173 Å². The van der Waals surface area contributed by atoms with Gasteiger partial charge < -0.3 is 10.6 Å². The van der Waals surface area contributed by atoms with E-state index in [4.69, 9.17) is 0 Å². The Morgan fingerprint density at radius 1 is 1.13 bits per heavy atom. The predicted octanol–water partition coefficient (Wildman–Crippen LogP) is 2.70. The zero-order chi connectivity index (χ0) is 21.3. The van der Waals surface area contributed by atoms with Gasteiger partial charge in [-0.1, -0.05) is 36.4 Å². The average Bonchev–Trinajstić information content (AvgIpc) is 3.21. The molecule has 4 amide bonds. The third-order valence-corrected chi connectivity index (χ3v) is 5.43. The minimum absolute atomic E-state index is 0.135. The van der Waals surface area contributed by atoms with Gasteiger partial charge in [0, 0.05) is 29.6 Å². The Morgan fingerprint density at radius 3 is 2.67 bits per heavy atom. The maximum Gasteiger partial charge on any atom is 0.329 e. The Hall–Kier alpha value is -3.68. The number of aromatic nitrogens is 2. The Bertz CT molecular complexity index is 1110. The summed E-state index contributed by atoms with van der Waals surface area (Å²) in [6.07, 6.45) is 0.372. The molecule has 3 N–H and O–H groups in total. The second kappa shape index (κ2) is 7.98. The van der Waals surface area contributed by atoms with Gasteiger partial charge in [0.25, 0.3) is 5.91 Å². The lowest BCUT2D eigenvalue weighted by Gasteiger charge is -2.15. The van der Waals surface area contributed by atoms with Crippen LogP contribution in [-0.2, 0) is 16.1 Å². The Balaban J connectivity index is 1.40. The van der Waals surface area contributed by atoms with Gasteiger partial charge in [-0.3, -0.25) is 14.7 Å². The number of aryl methyl sites for hydroxylation is 2. The van der Waals surface area contributed by atoms with E-state index in [1.54, 1.807) is 6.07 Å². The summed E-state index contributed by atoms with van der Waals surface area (Å²) in [5.74, 6) is -0.522. The number of nitrogens with one attached hydrogen (secondary N) is 3. The van der Waals surface area contributed by atoms with Crippen molar-refractivity contribution in [3.05, 3.63) is 59.4 Å². The Kier molecular flexibility index (Phi) is 5.22. The first kappa shape index (κ1) is 19.6. The molecule has 8 nitrogen and oxygen atoms in total. The summed E-state index contributed by atoms with van der Waals surface area (Å²) in [5.41, 5.74) is 3.26. The van der Waals surface area contributed by atoms with Crippen LogP contribution < -0.4 is 15.5 Å². The van der Waals surface area contributed by atoms with Gasteiger partial charge in [-0.15, -0.1) is 0 Å². The SMILES string of the molecule is Cc1n[nH]c(C)c1CNC(=O)CC[C@@H]1NC(=O)N(c2cccc3ccccc23)C1=O. The molecule has 0 spiro atoms. The van der Waals surface area contributed by atoms with Crippen molar-refractivity contribution < 1.29 is 14.4 Å². The van der Waals surface area contributed by atoms with Crippen LogP contribution in [0.3, 0.4) is 0 Å².